The zero-order valence-corrected chi connectivity index (χ0v) is 17.8. The number of ether oxygens (including phenoxy) is 3. The molecule has 0 saturated carbocycles. The van der Waals surface area contributed by atoms with Crippen LogP contribution in [-0.2, 0) is 13.1 Å². The van der Waals surface area contributed by atoms with Crippen LogP contribution in [-0.4, -0.2) is 43.5 Å². The van der Waals surface area contributed by atoms with E-state index >= 15 is 0 Å². The van der Waals surface area contributed by atoms with E-state index in [1.165, 1.54) is 12.1 Å². The van der Waals surface area contributed by atoms with Crippen molar-refractivity contribution in [1.29, 1.82) is 0 Å². The lowest BCUT2D eigenvalue weighted by Gasteiger charge is -2.26. The number of nitrogens with zero attached hydrogens (tertiary/aromatic N) is 1. The highest BCUT2D eigenvalue weighted by Gasteiger charge is 2.15. The third-order valence-electron chi connectivity index (χ3n) is 4.83. The van der Waals surface area contributed by atoms with Gasteiger partial charge in [-0.15, -0.1) is 0 Å². The zero-order chi connectivity index (χ0) is 22.1. The Morgan fingerprint density at radius 3 is 2.16 bits per heavy atom. The molecule has 3 rings (SSSR count). The summed E-state index contributed by atoms with van der Waals surface area (Å²) in [4.78, 5) is 2.09. The maximum Gasteiger partial charge on any atom is 0.161 e. The summed E-state index contributed by atoms with van der Waals surface area (Å²) in [7, 11) is 3.20. The van der Waals surface area contributed by atoms with Crippen LogP contribution < -0.4 is 14.2 Å². The largest absolute Gasteiger partial charge is 0.493 e. The van der Waals surface area contributed by atoms with Crippen LogP contribution in [0.3, 0.4) is 0 Å². The fourth-order valence-corrected chi connectivity index (χ4v) is 3.33. The summed E-state index contributed by atoms with van der Waals surface area (Å²) in [5.41, 5.74) is 1.97. The van der Waals surface area contributed by atoms with Gasteiger partial charge in [-0.2, -0.15) is 0 Å². The van der Waals surface area contributed by atoms with Crippen molar-refractivity contribution in [3.05, 3.63) is 89.7 Å². The molecule has 31 heavy (non-hydrogen) atoms. The van der Waals surface area contributed by atoms with Crippen molar-refractivity contribution in [2.45, 2.75) is 19.2 Å². The number of hydrogen-bond donors (Lipinski definition) is 1. The molecule has 0 radical (unpaired) electrons. The quantitative estimate of drug-likeness (QED) is 0.497. The lowest BCUT2D eigenvalue weighted by Crippen LogP contribution is -2.35. The Labute approximate surface area is 182 Å². The van der Waals surface area contributed by atoms with E-state index in [4.69, 9.17) is 14.2 Å². The Bertz CT molecular complexity index is 934. The fourth-order valence-electron chi connectivity index (χ4n) is 3.33. The molecule has 0 bridgehead atoms. The third kappa shape index (κ3) is 6.98. The first-order chi connectivity index (χ1) is 15.1. The van der Waals surface area contributed by atoms with E-state index in [2.05, 4.69) is 4.90 Å². The Hall–Kier alpha value is -3.09. The predicted octanol–water partition coefficient (Wildman–Crippen LogP) is 4.29. The number of aliphatic hydroxyl groups excluding tert-OH is 1. The van der Waals surface area contributed by atoms with Crippen molar-refractivity contribution in [1.82, 2.24) is 4.90 Å². The summed E-state index contributed by atoms with van der Waals surface area (Å²) in [5.74, 6) is 1.75. The van der Waals surface area contributed by atoms with Gasteiger partial charge < -0.3 is 19.3 Å². The number of methoxy groups -OCH3 is 2. The predicted molar refractivity (Wildman–Crippen MR) is 118 cm³/mol. The van der Waals surface area contributed by atoms with Crippen molar-refractivity contribution >= 4 is 0 Å². The van der Waals surface area contributed by atoms with Gasteiger partial charge in [-0.05, 0) is 47.5 Å². The maximum absolute atomic E-state index is 13.3. The SMILES string of the molecule is COc1ccc(CN(Cc2ccc(F)cc2)C[C@H](O)COc2ccccc2)cc1OC. The highest BCUT2D eigenvalue weighted by molar-refractivity contribution is 5.42. The molecule has 5 nitrogen and oxygen atoms in total. The topological polar surface area (TPSA) is 51.2 Å². The van der Waals surface area contributed by atoms with Gasteiger partial charge in [0.05, 0.1) is 14.2 Å². The fraction of sp³-hybridized carbons (Fsp3) is 0.280. The molecular weight excluding hydrogens is 397 g/mol. The van der Waals surface area contributed by atoms with Gasteiger partial charge >= 0.3 is 0 Å². The average Bonchev–Trinajstić information content (AvgIpc) is 2.79. The highest BCUT2D eigenvalue weighted by atomic mass is 19.1. The molecule has 0 amide bonds. The molecule has 0 aliphatic carbocycles. The molecule has 3 aromatic carbocycles. The van der Waals surface area contributed by atoms with E-state index in [9.17, 15) is 9.50 Å². The molecule has 0 saturated heterocycles. The summed E-state index contributed by atoms with van der Waals surface area (Å²) in [6.45, 7) is 1.69. The second-order valence-corrected chi connectivity index (χ2v) is 7.26. The van der Waals surface area contributed by atoms with E-state index in [0.717, 1.165) is 11.1 Å². The van der Waals surface area contributed by atoms with Gasteiger partial charge in [-0.3, -0.25) is 4.90 Å². The molecule has 0 aromatic heterocycles. The molecule has 3 aromatic rings. The first-order valence-corrected chi connectivity index (χ1v) is 10.1. The van der Waals surface area contributed by atoms with E-state index in [0.29, 0.717) is 36.9 Å². The summed E-state index contributed by atoms with van der Waals surface area (Å²) in [6, 6.07) is 21.5. The summed E-state index contributed by atoms with van der Waals surface area (Å²) in [6.07, 6.45) is -0.694. The first-order valence-electron chi connectivity index (χ1n) is 10.1. The van der Waals surface area contributed by atoms with Gasteiger partial charge in [-0.1, -0.05) is 36.4 Å². The van der Waals surface area contributed by atoms with Crippen molar-refractivity contribution in [3.8, 4) is 17.2 Å². The summed E-state index contributed by atoms with van der Waals surface area (Å²) < 4.78 is 29.7. The number of hydrogen-bond acceptors (Lipinski definition) is 5. The number of para-hydroxylation sites is 1. The molecule has 0 aliphatic rings. The van der Waals surface area contributed by atoms with E-state index in [-0.39, 0.29) is 12.4 Å². The van der Waals surface area contributed by atoms with Gasteiger partial charge in [0.15, 0.2) is 11.5 Å². The maximum atomic E-state index is 13.3. The third-order valence-corrected chi connectivity index (χ3v) is 4.83. The van der Waals surface area contributed by atoms with E-state index < -0.39 is 6.10 Å². The Morgan fingerprint density at radius 2 is 1.48 bits per heavy atom. The van der Waals surface area contributed by atoms with Crippen LogP contribution in [0.4, 0.5) is 4.39 Å². The smallest absolute Gasteiger partial charge is 0.161 e. The number of halogens is 1. The van der Waals surface area contributed by atoms with Crippen molar-refractivity contribution < 1.29 is 23.7 Å². The minimum absolute atomic E-state index is 0.176. The summed E-state index contributed by atoms with van der Waals surface area (Å²) in [5, 5.41) is 10.6. The standard InChI is InChI=1S/C25H28FNO4/c1-29-24-13-10-20(14-25(24)30-2)16-27(15-19-8-11-21(26)12-9-19)17-22(28)18-31-23-6-4-3-5-7-23/h3-14,22,28H,15-18H2,1-2H3/t22-/m0/s1. The van der Waals surface area contributed by atoms with Crippen LogP contribution >= 0.6 is 0 Å². The molecule has 0 fully saturated rings. The molecule has 6 heteroatoms. The monoisotopic (exact) mass is 425 g/mol. The van der Waals surface area contributed by atoms with Gasteiger partial charge in [0.25, 0.3) is 0 Å². The molecular formula is C25H28FNO4. The van der Waals surface area contributed by atoms with Crippen LogP contribution in [0.1, 0.15) is 11.1 Å². The van der Waals surface area contributed by atoms with Gasteiger partial charge in [0, 0.05) is 19.6 Å². The first kappa shape index (κ1) is 22.6. The Kier molecular flexibility index (Phi) is 8.27. The van der Waals surface area contributed by atoms with Crippen LogP contribution in [0, 0.1) is 5.82 Å². The number of aliphatic hydroxyl groups is 1. The van der Waals surface area contributed by atoms with Crippen LogP contribution in [0.5, 0.6) is 17.2 Å². The van der Waals surface area contributed by atoms with Crippen molar-refractivity contribution in [2.75, 3.05) is 27.4 Å². The molecule has 0 unspecified atom stereocenters. The summed E-state index contributed by atoms with van der Waals surface area (Å²) >= 11 is 0. The Balaban J connectivity index is 1.70. The lowest BCUT2D eigenvalue weighted by atomic mass is 10.1. The molecule has 1 atom stereocenters. The van der Waals surface area contributed by atoms with Crippen LogP contribution in [0.25, 0.3) is 0 Å². The van der Waals surface area contributed by atoms with Gasteiger partial charge in [0.2, 0.25) is 0 Å². The highest BCUT2D eigenvalue weighted by Crippen LogP contribution is 2.28. The van der Waals surface area contributed by atoms with E-state index in [1.54, 1.807) is 26.4 Å². The molecule has 0 aliphatic heterocycles. The molecule has 164 valence electrons. The van der Waals surface area contributed by atoms with Crippen molar-refractivity contribution in [2.24, 2.45) is 0 Å². The second-order valence-electron chi connectivity index (χ2n) is 7.26. The average molecular weight is 426 g/mol. The molecule has 1 N–H and O–H groups in total. The van der Waals surface area contributed by atoms with Gasteiger partial charge in [-0.25, -0.2) is 4.39 Å². The van der Waals surface area contributed by atoms with Crippen molar-refractivity contribution in [3.63, 3.8) is 0 Å². The lowest BCUT2D eigenvalue weighted by molar-refractivity contribution is 0.0628. The minimum Gasteiger partial charge on any atom is -0.493 e. The minimum atomic E-state index is -0.694. The zero-order valence-electron chi connectivity index (χ0n) is 17.8. The Morgan fingerprint density at radius 1 is 0.839 bits per heavy atom. The van der Waals surface area contributed by atoms with Crippen LogP contribution in [0.15, 0.2) is 72.8 Å². The van der Waals surface area contributed by atoms with Crippen LogP contribution in [0.2, 0.25) is 0 Å². The molecule has 0 spiro atoms. The van der Waals surface area contributed by atoms with Gasteiger partial charge in [0.1, 0.15) is 24.3 Å². The normalized spacial score (nSPS) is 11.9. The second kappa shape index (κ2) is 11.3. The number of rotatable bonds is 11. The number of benzene rings is 3. The molecule has 0 heterocycles. The van der Waals surface area contributed by atoms with E-state index in [1.807, 2.05) is 48.5 Å².